The SMILES string of the molecule is C=C/C=C(/C=C)N(/C(Cl)=C(C)/C=C(/F)C=C)C(=C(/Cl)C=C)/C(C)=C(\C)CCCC. The zero-order chi connectivity index (χ0) is 22.6. The second kappa shape index (κ2) is 14.0. The Balaban J connectivity index is 7.05. The van der Waals surface area contributed by atoms with Crippen LogP contribution in [0.1, 0.15) is 47.0 Å². The van der Waals surface area contributed by atoms with Gasteiger partial charge in [0.05, 0.1) is 10.7 Å². The van der Waals surface area contributed by atoms with Gasteiger partial charge in [0.15, 0.2) is 0 Å². The van der Waals surface area contributed by atoms with Gasteiger partial charge in [-0.1, -0.05) is 74.5 Å². The molecule has 29 heavy (non-hydrogen) atoms. The molecule has 4 heteroatoms. The van der Waals surface area contributed by atoms with Gasteiger partial charge < -0.3 is 0 Å². The van der Waals surface area contributed by atoms with Crippen LogP contribution in [0.15, 0.2) is 107 Å². The highest BCUT2D eigenvalue weighted by Gasteiger charge is 2.22. The quantitative estimate of drug-likeness (QED) is 0.218. The summed E-state index contributed by atoms with van der Waals surface area (Å²) in [4.78, 5) is 1.74. The van der Waals surface area contributed by atoms with E-state index in [1.807, 2.05) is 6.92 Å². The Labute approximate surface area is 186 Å². The van der Waals surface area contributed by atoms with Gasteiger partial charge in [-0.05, 0) is 75.1 Å². The fourth-order valence-corrected chi connectivity index (χ4v) is 3.04. The lowest BCUT2D eigenvalue weighted by Gasteiger charge is -2.31. The normalized spacial score (nSPS) is 15.0. The Hall–Kier alpha value is -2.03. The maximum absolute atomic E-state index is 13.8. The molecule has 0 aliphatic heterocycles. The molecule has 0 spiro atoms. The van der Waals surface area contributed by atoms with Gasteiger partial charge >= 0.3 is 0 Å². The predicted octanol–water partition coefficient (Wildman–Crippen LogP) is 9.22. The first kappa shape index (κ1) is 27.0. The minimum atomic E-state index is -0.486. The first-order valence-corrected chi connectivity index (χ1v) is 10.3. The van der Waals surface area contributed by atoms with E-state index in [-0.39, 0.29) is 5.16 Å². The van der Waals surface area contributed by atoms with E-state index in [9.17, 15) is 4.39 Å². The van der Waals surface area contributed by atoms with Gasteiger partial charge in [0.25, 0.3) is 0 Å². The number of hydrogen-bond acceptors (Lipinski definition) is 1. The predicted molar refractivity (Wildman–Crippen MR) is 129 cm³/mol. The average Bonchev–Trinajstić information content (AvgIpc) is 2.72. The molecule has 0 aromatic rings. The third kappa shape index (κ3) is 8.08. The highest BCUT2D eigenvalue weighted by atomic mass is 35.5. The molecule has 0 aromatic carbocycles. The second-order valence-electron chi connectivity index (χ2n) is 6.48. The smallest absolute Gasteiger partial charge is 0.122 e. The summed E-state index contributed by atoms with van der Waals surface area (Å²) in [6, 6.07) is 0. The number of unbranched alkanes of at least 4 members (excludes halogenated alkanes) is 1. The fourth-order valence-electron chi connectivity index (χ4n) is 2.58. The average molecular weight is 436 g/mol. The van der Waals surface area contributed by atoms with Crippen LogP contribution in [0.2, 0.25) is 0 Å². The van der Waals surface area contributed by atoms with Crippen molar-refractivity contribution >= 4 is 23.2 Å². The fraction of sp³-hybridized carbons (Fsp3) is 0.280. The summed E-state index contributed by atoms with van der Waals surface area (Å²) < 4.78 is 13.8. The van der Waals surface area contributed by atoms with Crippen LogP contribution in [-0.2, 0) is 0 Å². The molecule has 0 saturated heterocycles. The van der Waals surface area contributed by atoms with Crippen LogP contribution in [-0.4, -0.2) is 4.90 Å². The van der Waals surface area contributed by atoms with Gasteiger partial charge in [0.2, 0.25) is 0 Å². The van der Waals surface area contributed by atoms with E-state index in [0.717, 1.165) is 30.9 Å². The molecular weight excluding hydrogens is 404 g/mol. The topological polar surface area (TPSA) is 3.24 Å². The molecule has 0 rings (SSSR count). The summed E-state index contributed by atoms with van der Waals surface area (Å²) >= 11 is 13.3. The number of nitrogens with zero attached hydrogens (tertiary/aromatic N) is 1. The standard InChI is InChI=1S/C25H32Cl2FN/c1-9-14-16-18(6)20(8)24(23(26)13-5)29(22(12-4)15-10-2)25(27)19(7)17-21(28)11-3/h10-13,15,17H,2-5,9,14,16H2,1,6-8H3/b20-18+,21-17+,22-15-,24-23+,25-19+. The zero-order valence-corrected chi connectivity index (χ0v) is 19.5. The van der Waals surface area contributed by atoms with Crippen LogP contribution in [0.5, 0.6) is 0 Å². The van der Waals surface area contributed by atoms with E-state index < -0.39 is 5.83 Å². The van der Waals surface area contributed by atoms with Gasteiger partial charge in [0, 0.05) is 5.70 Å². The van der Waals surface area contributed by atoms with E-state index >= 15 is 0 Å². The van der Waals surface area contributed by atoms with Gasteiger partial charge in [-0.15, -0.1) is 0 Å². The Morgan fingerprint density at radius 2 is 1.62 bits per heavy atom. The van der Waals surface area contributed by atoms with E-state index in [4.69, 9.17) is 23.2 Å². The van der Waals surface area contributed by atoms with E-state index in [1.165, 1.54) is 11.6 Å². The molecule has 0 radical (unpaired) electrons. The van der Waals surface area contributed by atoms with Crippen LogP contribution in [0.25, 0.3) is 0 Å². The Kier molecular flexibility index (Phi) is 13.0. The van der Waals surface area contributed by atoms with Crippen LogP contribution in [0, 0.1) is 0 Å². The lowest BCUT2D eigenvalue weighted by Crippen LogP contribution is -2.22. The van der Waals surface area contributed by atoms with Gasteiger partial charge in [-0.3, -0.25) is 4.90 Å². The zero-order valence-electron chi connectivity index (χ0n) is 18.0. The third-order valence-electron chi connectivity index (χ3n) is 4.36. The molecule has 0 saturated carbocycles. The molecule has 0 fully saturated rings. The van der Waals surface area contributed by atoms with Crippen molar-refractivity contribution in [2.24, 2.45) is 0 Å². The van der Waals surface area contributed by atoms with Crippen molar-refractivity contribution in [2.75, 3.05) is 0 Å². The molecule has 0 heterocycles. The summed E-state index contributed by atoms with van der Waals surface area (Å²) in [6.45, 7) is 22.8. The van der Waals surface area contributed by atoms with Gasteiger partial charge in [0.1, 0.15) is 11.0 Å². The largest absolute Gasteiger partial charge is 0.299 e. The maximum Gasteiger partial charge on any atom is 0.122 e. The molecule has 0 bridgehead atoms. The lowest BCUT2D eigenvalue weighted by atomic mass is 10.0. The number of hydrogen-bond donors (Lipinski definition) is 0. The first-order valence-electron chi connectivity index (χ1n) is 9.50. The Morgan fingerprint density at radius 1 is 1.00 bits per heavy atom. The van der Waals surface area contributed by atoms with Crippen molar-refractivity contribution in [1.82, 2.24) is 4.90 Å². The number of halogens is 3. The summed E-state index contributed by atoms with van der Waals surface area (Å²) in [5, 5.41) is 0.710. The molecular formula is C25H32Cl2FN. The van der Waals surface area contributed by atoms with Gasteiger partial charge in [-0.2, -0.15) is 0 Å². The number of rotatable bonds is 12. The van der Waals surface area contributed by atoms with Crippen molar-refractivity contribution in [3.8, 4) is 0 Å². The minimum Gasteiger partial charge on any atom is -0.299 e. The highest BCUT2D eigenvalue weighted by molar-refractivity contribution is 6.32. The molecule has 0 atom stereocenters. The van der Waals surface area contributed by atoms with Gasteiger partial charge in [-0.25, -0.2) is 4.39 Å². The first-order chi connectivity index (χ1) is 13.7. The van der Waals surface area contributed by atoms with Crippen molar-refractivity contribution in [3.63, 3.8) is 0 Å². The highest BCUT2D eigenvalue weighted by Crippen LogP contribution is 2.36. The van der Waals surface area contributed by atoms with Crippen LogP contribution < -0.4 is 0 Å². The molecule has 0 aliphatic carbocycles. The van der Waals surface area contributed by atoms with Crippen molar-refractivity contribution in [2.45, 2.75) is 47.0 Å². The van der Waals surface area contributed by atoms with Crippen LogP contribution in [0.3, 0.4) is 0 Å². The third-order valence-corrected chi connectivity index (χ3v) is 5.16. The molecule has 0 aliphatic rings. The molecule has 0 unspecified atom stereocenters. The summed E-state index contributed by atoms with van der Waals surface area (Å²) in [7, 11) is 0. The summed E-state index contributed by atoms with van der Waals surface area (Å²) in [5.41, 5.74) is 3.98. The van der Waals surface area contributed by atoms with Crippen LogP contribution in [0.4, 0.5) is 4.39 Å². The van der Waals surface area contributed by atoms with E-state index in [1.54, 1.807) is 36.1 Å². The molecule has 0 amide bonds. The van der Waals surface area contributed by atoms with E-state index in [2.05, 4.69) is 40.2 Å². The van der Waals surface area contributed by atoms with E-state index in [0.29, 0.717) is 22.0 Å². The molecule has 0 N–H and O–H groups in total. The second-order valence-corrected chi connectivity index (χ2v) is 7.25. The lowest BCUT2D eigenvalue weighted by molar-refractivity contribution is 0.575. The summed E-state index contributed by atoms with van der Waals surface area (Å²) in [6.07, 6.45) is 12.1. The van der Waals surface area contributed by atoms with Crippen molar-refractivity contribution in [1.29, 1.82) is 0 Å². The number of allylic oxidation sites excluding steroid dienone is 11. The maximum atomic E-state index is 13.8. The Morgan fingerprint density at radius 3 is 2.07 bits per heavy atom. The minimum absolute atomic E-state index is 0.285. The molecule has 158 valence electrons. The Bertz CT molecular complexity index is 792. The van der Waals surface area contributed by atoms with Crippen molar-refractivity contribution < 1.29 is 4.39 Å². The van der Waals surface area contributed by atoms with Crippen molar-refractivity contribution in [3.05, 3.63) is 107 Å². The van der Waals surface area contributed by atoms with Crippen LogP contribution >= 0.6 is 23.2 Å². The molecule has 0 aromatic heterocycles. The summed E-state index contributed by atoms with van der Waals surface area (Å²) in [5.74, 6) is -0.486. The molecule has 1 nitrogen and oxygen atoms in total. The monoisotopic (exact) mass is 435 g/mol.